The van der Waals surface area contributed by atoms with E-state index in [9.17, 15) is 19.2 Å². The Hall–Kier alpha value is -3.73. The minimum Gasteiger partial charge on any atom is -0.492 e. The Balaban J connectivity index is 1.69. The minimum absolute atomic E-state index is 0.0536. The van der Waals surface area contributed by atoms with Gasteiger partial charge in [0.2, 0.25) is 5.92 Å². The maximum atomic E-state index is 15.7. The summed E-state index contributed by atoms with van der Waals surface area (Å²) in [6.07, 6.45) is 5.97. The molecule has 5 rings (SSSR count). The van der Waals surface area contributed by atoms with Gasteiger partial charge in [0.25, 0.3) is 0 Å². The van der Waals surface area contributed by atoms with Crippen molar-refractivity contribution in [3.8, 4) is 5.75 Å². The van der Waals surface area contributed by atoms with Crippen LogP contribution in [0.3, 0.4) is 0 Å². The zero-order valence-electron chi connectivity index (χ0n) is 20.8. The van der Waals surface area contributed by atoms with Crippen LogP contribution in [0.2, 0.25) is 0 Å². The van der Waals surface area contributed by atoms with Gasteiger partial charge >= 0.3 is 11.9 Å². The van der Waals surface area contributed by atoms with E-state index >= 15 is 4.39 Å². The first kappa shape index (κ1) is 24.9. The molecule has 1 saturated heterocycles. The molecule has 3 aliphatic rings. The first-order valence-electron chi connectivity index (χ1n) is 12.1. The highest BCUT2D eigenvalue weighted by Gasteiger charge is 2.40. The molecule has 1 aromatic heterocycles. The number of pyridine rings is 1. The van der Waals surface area contributed by atoms with Crippen LogP contribution in [-0.4, -0.2) is 69.3 Å². The number of rotatable bonds is 7. The quantitative estimate of drug-likeness (QED) is 0.256. The summed E-state index contributed by atoms with van der Waals surface area (Å²) in [7, 11) is 3.47. The van der Waals surface area contributed by atoms with Gasteiger partial charge in [-0.25, -0.2) is 4.39 Å². The normalized spacial score (nSPS) is 19.0. The van der Waals surface area contributed by atoms with Crippen molar-refractivity contribution in [3.05, 3.63) is 45.5 Å². The van der Waals surface area contributed by atoms with Gasteiger partial charge in [-0.3, -0.25) is 19.2 Å². The molecule has 37 heavy (non-hydrogen) atoms. The van der Waals surface area contributed by atoms with Gasteiger partial charge in [-0.1, -0.05) is 6.08 Å². The standard InChI is InChI=1S/C26H28FN3O7/c1-35-24-20-15(9-17(27)21(24)29-10-13-5-4-8-28-18(13)12-29)22(31)16(11-30(20)14-6-7-14)23(32)19(25(33)36-2)26(34)37-3/h5,9,11,14,18-19,28H,4,6-8,10,12H2,1-3H3. The Morgan fingerprint density at radius 2 is 1.84 bits per heavy atom. The Labute approximate surface area is 212 Å². The maximum absolute atomic E-state index is 15.7. The molecule has 1 N–H and O–H groups in total. The fourth-order valence-electron chi connectivity index (χ4n) is 5.27. The number of esters is 2. The second-order valence-electron chi connectivity index (χ2n) is 9.45. The van der Waals surface area contributed by atoms with E-state index < -0.39 is 40.4 Å². The van der Waals surface area contributed by atoms with E-state index in [-0.39, 0.29) is 28.9 Å². The number of ketones is 1. The second kappa shape index (κ2) is 9.62. The lowest BCUT2D eigenvalue weighted by Gasteiger charge is -2.25. The number of carbonyl (C=O) groups is 3. The number of hydrogen-bond acceptors (Lipinski definition) is 9. The van der Waals surface area contributed by atoms with Crippen LogP contribution >= 0.6 is 0 Å². The van der Waals surface area contributed by atoms with Crippen molar-refractivity contribution in [1.29, 1.82) is 0 Å². The van der Waals surface area contributed by atoms with E-state index in [2.05, 4.69) is 20.9 Å². The number of anilines is 1. The van der Waals surface area contributed by atoms with Crippen LogP contribution in [-0.2, 0) is 19.1 Å². The molecule has 10 nitrogen and oxygen atoms in total. The van der Waals surface area contributed by atoms with Crippen LogP contribution in [0.15, 0.2) is 28.7 Å². The number of methoxy groups -OCH3 is 3. The molecule has 3 heterocycles. The number of benzene rings is 1. The molecule has 0 radical (unpaired) electrons. The van der Waals surface area contributed by atoms with E-state index in [0.29, 0.717) is 18.6 Å². The Morgan fingerprint density at radius 1 is 1.14 bits per heavy atom. The smallest absolute Gasteiger partial charge is 0.328 e. The summed E-state index contributed by atoms with van der Waals surface area (Å²) in [6, 6.07) is 1.18. The summed E-state index contributed by atoms with van der Waals surface area (Å²) in [4.78, 5) is 53.2. The predicted octanol–water partition coefficient (Wildman–Crippen LogP) is 1.74. The zero-order chi connectivity index (χ0) is 26.4. The molecule has 2 aromatic rings. The fourth-order valence-corrected chi connectivity index (χ4v) is 5.27. The molecule has 2 fully saturated rings. The molecule has 1 unspecified atom stereocenters. The molecule has 0 amide bonds. The highest BCUT2D eigenvalue weighted by atomic mass is 19.1. The van der Waals surface area contributed by atoms with Crippen molar-refractivity contribution in [2.45, 2.75) is 31.3 Å². The Kier molecular flexibility index (Phi) is 6.49. The predicted molar refractivity (Wildman–Crippen MR) is 132 cm³/mol. The number of fused-ring (bicyclic) bond motifs is 2. The van der Waals surface area contributed by atoms with Gasteiger partial charge in [-0.05, 0) is 37.4 Å². The number of halogens is 1. The third kappa shape index (κ3) is 4.16. The molecule has 1 aliphatic carbocycles. The van der Waals surface area contributed by atoms with Gasteiger partial charge in [0, 0.05) is 31.4 Å². The summed E-state index contributed by atoms with van der Waals surface area (Å²) >= 11 is 0. The molecule has 11 heteroatoms. The van der Waals surface area contributed by atoms with Crippen molar-refractivity contribution in [2.24, 2.45) is 5.92 Å². The van der Waals surface area contributed by atoms with Gasteiger partial charge in [0.05, 0.1) is 37.8 Å². The maximum Gasteiger partial charge on any atom is 0.328 e. The van der Waals surface area contributed by atoms with Gasteiger partial charge in [-0.2, -0.15) is 0 Å². The molecule has 1 saturated carbocycles. The van der Waals surface area contributed by atoms with Crippen LogP contribution in [0.5, 0.6) is 5.75 Å². The number of ether oxygens (including phenoxy) is 3. The Bertz CT molecular complexity index is 1380. The SMILES string of the molecule is COC(=O)C(C(=O)OC)C(=O)c1cn(C2CC2)c2c(OC)c(N3CC4=CCCNC4C3)c(F)cc2c1=O. The lowest BCUT2D eigenvalue weighted by molar-refractivity contribution is -0.155. The molecule has 196 valence electrons. The Morgan fingerprint density at radius 3 is 2.43 bits per heavy atom. The molecular weight excluding hydrogens is 485 g/mol. The molecule has 1 aromatic carbocycles. The monoisotopic (exact) mass is 513 g/mol. The average molecular weight is 514 g/mol. The zero-order valence-corrected chi connectivity index (χ0v) is 20.8. The van der Waals surface area contributed by atoms with Crippen LogP contribution in [0.4, 0.5) is 10.1 Å². The van der Waals surface area contributed by atoms with Gasteiger partial charge in [0.15, 0.2) is 22.8 Å². The average Bonchev–Trinajstić information content (AvgIpc) is 3.66. The highest BCUT2D eigenvalue weighted by molar-refractivity contribution is 6.21. The van der Waals surface area contributed by atoms with E-state index in [1.54, 1.807) is 4.57 Å². The first-order valence-corrected chi connectivity index (χ1v) is 12.1. The van der Waals surface area contributed by atoms with E-state index in [1.807, 2.05) is 4.90 Å². The van der Waals surface area contributed by atoms with Crippen molar-refractivity contribution in [1.82, 2.24) is 9.88 Å². The van der Waals surface area contributed by atoms with Crippen LogP contribution in [0, 0.1) is 11.7 Å². The number of nitrogens with zero attached hydrogens (tertiary/aromatic N) is 2. The third-order valence-corrected chi connectivity index (χ3v) is 7.23. The van der Waals surface area contributed by atoms with Crippen LogP contribution < -0.4 is 20.4 Å². The molecular formula is C26H28FN3O7. The van der Waals surface area contributed by atoms with Gasteiger partial charge in [-0.15, -0.1) is 0 Å². The summed E-state index contributed by atoms with van der Waals surface area (Å²) in [5.74, 6) is -5.78. The van der Waals surface area contributed by atoms with Gasteiger partial charge < -0.3 is 29.0 Å². The van der Waals surface area contributed by atoms with Crippen molar-refractivity contribution >= 4 is 34.3 Å². The van der Waals surface area contributed by atoms with E-state index in [4.69, 9.17) is 4.74 Å². The molecule has 1 atom stereocenters. The summed E-state index contributed by atoms with van der Waals surface area (Å²) in [5.41, 5.74) is 0.577. The highest BCUT2D eigenvalue weighted by Crippen LogP contribution is 2.44. The van der Waals surface area contributed by atoms with Crippen LogP contribution in [0.25, 0.3) is 10.9 Å². The lowest BCUT2D eigenvalue weighted by atomic mass is 9.96. The summed E-state index contributed by atoms with van der Waals surface area (Å²) < 4.78 is 32.4. The largest absolute Gasteiger partial charge is 0.492 e. The van der Waals surface area contributed by atoms with Crippen molar-refractivity contribution in [3.63, 3.8) is 0 Å². The number of hydrogen-bond donors (Lipinski definition) is 1. The third-order valence-electron chi connectivity index (χ3n) is 7.23. The number of Topliss-reactive ketones (excluding diaryl/α,β-unsaturated/α-hetero) is 1. The summed E-state index contributed by atoms with van der Waals surface area (Å²) in [6.45, 7) is 1.94. The van der Waals surface area contributed by atoms with E-state index in [1.165, 1.54) is 18.9 Å². The lowest BCUT2D eigenvalue weighted by Crippen LogP contribution is -2.37. The van der Waals surface area contributed by atoms with Crippen molar-refractivity contribution < 1.29 is 33.0 Å². The van der Waals surface area contributed by atoms with Crippen LogP contribution in [0.1, 0.15) is 35.7 Å². The topological polar surface area (TPSA) is 116 Å². The molecule has 0 spiro atoms. The number of carbonyl (C=O) groups excluding carboxylic acids is 3. The number of nitrogens with one attached hydrogen (secondary N) is 1. The second-order valence-corrected chi connectivity index (χ2v) is 9.45. The van der Waals surface area contributed by atoms with Crippen molar-refractivity contribution in [2.75, 3.05) is 45.9 Å². The van der Waals surface area contributed by atoms with Gasteiger partial charge in [0.1, 0.15) is 5.69 Å². The first-order chi connectivity index (χ1) is 17.8. The number of aromatic nitrogens is 1. The minimum atomic E-state index is -1.97. The van der Waals surface area contributed by atoms with E-state index in [0.717, 1.165) is 46.1 Å². The fraction of sp³-hybridized carbons (Fsp3) is 0.462. The summed E-state index contributed by atoms with van der Waals surface area (Å²) in [5, 5.41) is 3.37. The molecule has 2 aliphatic heterocycles. The molecule has 0 bridgehead atoms.